The molecule has 4 unspecified atom stereocenters. The summed E-state index contributed by atoms with van der Waals surface area (Å²) in [6.45, 7) is 1.74. The van der Waals surface area contributed by atoms with Crippen molar-refractivity contribution in [3.63, 3.8) is 0 Å². The van der Waals surface area contributed by atoms with Crippen LogP contribution in [0.15, 0.2) is 0 Å². The van der Waals surface area contributed by atoms with Gasteiger partial charge in [-0.2, -0.15) is 0 Å². The molecule has 1 aliphatic carbocycles. The highest BCUT2D eigenvalue weighted by atomic mass is 19.1. The zero-order valence-corrected chi connectivity index (χ0v) is 15.7. The molecule has 3 aliphatic rings. The van der Waals surface area contributed by atoms with Gasteiger partial charge >= 0.3 is 0 Å². The number of ether oxygens (including phenoxy) is 1. The number of likely N-dealkylation sites (N-methyl/N-ethyl adjacent to an activating group) is 1. The number of alkyl halides is 1. The first-order valence-electron chi connectivity index (χ1n) is 9.96. The fourth-order valence-corrected chi connectivity index (χ4v) is 4.85. The molecule has 25 heavy (non-hydrogen) atoms. The Kier molecular flexibility index (Phi) is 6.69. The molecule has 1 saturated carbocycles. The van der Waals surface area contributed by atoms with Gasteiger partial charge < -0.3 is 10.1 Å². The van der Waals surface area contributed by atoms with E-state index in [-0.39, 0.29) is 24.2 Å². The van der Waals surface area contributed by atoms with E-state index in [0.29, 0.717) is 11.8 Å². The predicted molar refractivity (Wildman–Crippen MR) is 96.0 cm³/mol. The van der Waals surface area contributed by atoms with Gasteiger partial charge in [-0.05, 0) is 64.0 Å². The topological polar surface area (TPSA) is 53.6 Å². The summed E-state index contributed by atoms with van der Waals surface area (Å²) in [7, 11) is 3.69. The lowest BCUT2D eigenvalue weighted by Gasteiger charge is -2.34. The molecule has 0 aromatic carbocycles. The number of piperidine rings is 1. The Morgan fingerprint density at radius 3 is 2.72 bits per heavy atom. The SMILES string of the molecule is CO[C@H]1C[C@@H](C(=O)NC2CCC(CC3CCCC(F)C3)CN2)N(C)C1. The zero-order valence-electron chi connectivity index (χ0n) is 15.7. The number of carbonyl (C=O) groups excluding carboxylic acids is 1. The molecule has 0 aromatic heterocycles. The number of rotatable bonds is 5. The van der Waals surface area contributed by atoms with Crippen LogP contribution >= 0.6 is 0 Å². The number of halogens is 1. The number of hydrogen-bond acceptors (Lipinski definition) is 4. The molecule has 1 amide bonds. The maximum atomic E-state index is 13.6. The van der Waals surface area contributed by atoms with Gasteiger partial charge in [0.05, 0.1) is 18.3 Å². The third-order valence-corrected chi connectivity index (χ3v) is 6.36. The zero-order chi connectivity index (χ0) is 17.8. The molecule has 6 atom stereocenters. The van der Waals surface area contributed by atoms with Gasteiger partial charge in [0.15, 0.2) is 0 Å². The minimum Gasteiger partial charge on any atom is -0.380 e. The maximum absolute atomic E-state index is 13.6. The molecule has 0 bridgehead atoms. The Morgan fingerprint density at radius 1 is 1.24 bits per heavy atom. The second-order valence-corrected chi connectivity index (χ2v) is 8.33. The van der Waals surface area contributed by atoms with Gasteiger partial charge in [-0.1, -0.05) is 12.8 Å². The van der Waals surface area contributed by atoms with Gasteiger partial charge in [-0.3, -0.25) is 15.0 Å². The smallest absolute Gasteiger partial charge is 0.238 e. The lowest BCUT2D eigenvalue weighted by Crippen LogP contribution is -2.54. The molecule has 0 aromatic rings. The van der Waals surface area contributed by atoms with Crippen molar-refractivity contribution in [1.29, 1.82) is 0 Å². The second kappa shape index (κ2) is 8.78. The van der Waals surface area contributed by atoms with Crippen LogP contribution in [0, 0.1) is 11.8 Å². The first kappa shape index (κ1) is 19.1. The molecule has 2 N–H and O–H groups in total. The largest absolute Gasteiger partial charge is 0.380 e. The van der Waals surface area contributed by atoms with E-state index in [0.717, 1.165) is 58.0 Å². The van der Waals surface area contributed by atoms with Gasteiger partial charge in [0, 0.05) is 13.7 Å². The first-order valence-corrected chi connectivity index (χ1v) is 9.96. The van der Waals surface area contributed by atoms with E-state index in [4.69, 9.17) is 4.74 Å². The third-order valence-electron chi connectivity index (χ3n) is 6.36. The van der Waals surface area contributed by atoms with Crippen LogP contribution in [0.3, 0.4) is 0 Å². The Hall–Kier alpha value is -0.720. The Balaban J connectivity index is 1.38. The van der Waals surface area contributed by atoms with E-state index >= 15 is 0 Å². The number of nitrogens with one attached hydrogen (secondary N) is 2. The summed E-state index contributed by atoms with van der Waals surface area (Å²) in [4.78, 5) is 14.6. The fourth-order valence-electron chi connectivity index (χ4n) is 4.85. The van der Waals surface area contributed by atoms with E-state index in [1.54, 1.807) is 7.11 Å². The van der Waals surface area contributed by atoms with Crippen LogP contribution in [-0.4, -0.2) is 62.5 Å². The number of hydrogen-bond donors (Lipinski definition) is 2. The van der Waals surface area contributed by atoms with Crippen LogP contribution in [-0.2, 0) is 9.53 Å². The number of nitrogens with zero attached hydrogens (tertiary/aromatic N) is 1. The summed E-state index contributed by atoms with van der Waals surface area (Å²) in [5.41, 5.74) is 0. The fraction of sp³-hybridized carbons (Fsp3) is 0.947. The molecule has 2 heterocycles. The minimum atomic E-state index is -0.582. The average molecular weight is 355 g/mol. The lowest BCUT2D eigenvalue weighted by molar-refractivity contribution is -0.126. The molecule has 0 spiro atoms. The van der Waals surface area contributed by atoms with Crippen LogP contribution in [0.25, 0.3) is 0 Å². The van der Waals surface area contributed by atoms with E-state index in [9.17, 15) is 9.18 Å². The van der Waals surface area contributed by atoms with Gasteiger partial charge in [0.2, 0.25) is 5.91 Å². The molecule has 0 radical (unpaired) electrons. The van der Waals surface area contributed by atoms with Crippen molar-refractivity contribution in [2.75, 3.05) is 27.2 Å². The lowest BCUT2D eigenvalue weighted by atomic mass is 9.80. The van der Waals surface area contributed by atoms with Crippen molar-refractivity contribution in [3.05, 3.63) is 0 Å². The Morgan fingerprint density at radius 2 is 2.08 bits per heavy atom. The van der Waals surface area contributed by atoms with Crippen molar-refractivity contribution < 1.29 is 13.9 Å². The van der Waals surface area contributed by atoms with Crippen molar-refractivity contribution in [1.82, 2.24) is 15.5 Å². The van der Waals surface area contributed by atoms with Crippen LogP contribution in [0.5, 0.6) is 0 Å². The van der Waals surface area contributed by atoms with E-state index in [1.165, 1.54) is 6.42 Å². The van der Waals surface area contributed by atoms with Crippen LogP contribution in [0.1, 0.15) is 51.4 Å². The average Bonchev–Trinajstić information content (AvgIpc) is 2.98. The van der Waals surface area contributed by atoms with Crippen molar-refractivity contribution >= 4 is 5.91 Å². The third kappa shape index (κ3) is 5.14. The molecular weight excluding hydrogens is 321 g/mol. The summed E-state index contributed by atoms with van der Waals surface area (Å²) < 4.78 is 18.9. The van der Waals surface area contributed by atoms with Crippen molar-refractivity contribution in [2.24, 2.45) is 11.8 Å². The van der Waals surface area contributed by atoms with Crippen molar-refractivity contribution in [3.8, 4) is 0 Å². The number of amides is 1. The molecular formula is C19H34FN3O2. The van der Waals surface area contributed by atoms with E-state index in [2.05, 4.69) is 15.5 Å². The molecule has 144 valence electrons. The summed E-state index contributed by atoms with van der Waals surface area (Å²) in [5, 5.41) is 6.65. The molecule has 6 heteroatoms. The minimum absolute atomic E-state index is 0.0685. The van der Waals surface area contributed by atoms with Gasteiger partial charge in [0.25, 0.3) is 0 Å². The monoisotopic (exact) mass is 355 g/mol. The molecule has 5 nitrogen and oxygen atoms in total. The number of carbonyl (C=O) groups is 1. The van der Waals surface area contributed by atoms with Gasteiger partial charge in [0.1, 0.15) is 6.17 Å². The Bertz CT molecular complexity index is 442. The molecule has 2 aliphatic heterocycles. The first-order chi connectivity index (χ1) is 12.0. The van der Waals surface area contributed by atoms with Crippen LogP contribution < -0.4 is 10.6 Å². The van der Waals surface area contributed by atoms with E-state index in [1.807, 2.05) is 7.05 Å². The normalized spacial score (nSPS) is 40.1. The highest BCUT2D eigenvalue weighted by molar-refractivity contribution is 5.82. The van der Waals surface area contributed by atoms with Crippen molar-refractivity contribution in [2.45, 2.75) is 75.8 Å². The van der Waals surface area contributed by atoms with Crippen LogP contribution in [0.2, 0.25) is 0 Å². The molecule has 2 saturated heterocycles. The molecule has 3 fully saturated rings. The predicted octanol–water partition coefficient (Wildman–Crippen LogP) is 2.07. The number of likely N-dealkylation sites (tertiary alicyclic amines) is 1. The summed E-state index contributed by atoms with van der Waals surface area (Å²) in [6, 6.07) is -0.0896. The maximum Gasteiger partial charge on any atom is 0.238 e. The van der Waals surface area contributed by atoms with Crippen LogP contribution in [0.4, 0.5) is 4.39 Å². The summed E-state index contributed by atoms with van der Waals surface area (Å²) in [6.07, 6.45) is 7.36. The highest BCUT2D eigenvalue weighted by Crippen LogP contribution is 2.33. The highest BCUT2D eigenvalue weighted by Gasteiger charge is 2.36. The van der Waals surface area contributed by atoms with Gasteiger partial charge in [-0.15, -0.1) is 0 Å². The standard InChI is InChI=1S/C19H34FN3O2/c1-23-12-16(25-2)10-17(23)19(24)22-18-7-6-14(11-21-18)8-13-4-3-5-15(20)9-13/h13-18,21H,3-12H2,1-2H3,(H,22,24)/t13?,14?,15?,16-,17-,18?/m0/s1. The van der Waals surface area contributed by atoms with Gasteiger partial charge in [-0.25, -0.2) is 4.39 Å². The summed E-state index contributed by atoms with van der Waals surface area (Å²) >= 11 is 0. The number of methoxy groups -OCH3 is 1. The second-order valence-electron chi connectivity index (χ2n) is 8.33. The van der Waals surface area contributed by atoms with E-state index < -0.39 is 6.17 Å². The summed E-state index contributed by atoms with van der Waals surface area (Å²) in [5.74, 6) is 1.28. The molecule has 3 rings (SSSR count). The Labute approximate surface area is 151 Å². The quantitative estimate of drug-likeness (QED) is 0.793.